The molecule has 16 heavy (non-hydrogen) atoms. The van der Waals surface area contributed by atoms with Crippen molar-refractivity contribution in [2.75, 3.05) is 17.8 Å². The molecule has 1 aromatic carbocycles. The van der Waals surface area contributed by atoms with E-state index in [1.807, 2.05) is 23.5 Å². The molecule has 88 valence electrons. The van der Waals surface area contributed by atoms with Crippen LogP contribution in [0, 0.1) is 0 Å². The van der Waals surface area contributed by atoms with Crippen molar-refractivity contribution < 1.29 is 0 Å². The Bertz CT molecular complexity index is 306. The molecule has 2 rings (SSSR count). The lowest BCUT2D eigenvalue weighted by Gasteiger charge is -2.04. The lowest BCUT2D eigenvalue weighted by atomic mass is 10.2. The Morgan fingerprint density at radius 3 is 2.56 bits per heavy atom. The zero-order chi connectivity index (χ0) is 11.2. The van der Waals surface area contributed by atoms with Crippen molar-refractivity contribution in [1.82, 2.24) is 5.32 Å². The van der Waals surface area contributed by atoms with Crippen LogP contribution < -0.4 is 5.32 Å². The van der Waals surface area contributed by atoms with Crippen LogP contribution in [-0.2, 0) is 6.54 Å². The number of nitrogens with one attached hydrogen (secondary N) is 1. The zero-order valence-electron chi connectivity index (χ0n) is 9.74. The van der Waals surface area contributed by atoms with Crippen LogP contribution in [0.3, 0.4) is 0 Å². The standard InChI is InChI=1S/C13H19NS2/c1-15-8-9-16-13-6-2-11(3-7-13)10-14-12-4-5-12/h2-3,6-7,12,14H,4-5,8-10H2,1H3. The molecule has 3 heteroatoms. The summed E-state index contributed by atoms with van der Waals surface area (Å²) >= 11 is 3.86. The summed E-state index contributed by atoms with van der Waals surface area (Å²) in [5.41, 5.74) is 1.40. The van der Waals surface area contributed by atoms with Crippen LogP contribution in [0.4, 0.5) is 0 Å². The highest BCUT2D eigenvalue weighted by atomic mass is 32.2. The molecular formula is C13H19NS2. The average molecular weight is 253 g/mol. The van der Waals surface area contributed by atoms with E-state index in [0.29, 0.717) is 0 Å². The molecule has 0 heterocycles. The van der Waals surface area contributed by atoms with Gasteiger partial charge in [-0.25, -0.2) is 0 Å². The molecule has 1 aromatic rings. The quantitative estimate of drug-likeness (QED) is 0.591. The molecule has 0 spiro atoms. The van der Waals surface area contributed by atoms with Gasteiger partial charge in [-0.05, 0) is 36.8 Å². The molecule has 0 saturated heterocycles. The van der Waals surface area contributed by atoms with E-state index in [9.17, 15) is 0 Å². The Kier molecular flexibility index (Phi) is 5.07. The Morgan fingerprint density at radius 1 is 1.19 bits per heavy atom. The van der Waals surface area contributed by atoms with Crippen molar-refractivity contribution in [1.29, 1.82) is 0 Å². The van der Waals surface area contributed by atoms with Gasteiger partial charge in [0, 0.05) is 29.0 Å². The van der Waals surface area contributed by atoms with Gasteiger partial charge in [0.2, 0.25) is 0 Å². The summed E-state index contributed by atoms with van der Waals surface area (Å²) in [6, 6.07) is 9.79. The molecule has 1 aliphatic carbocycles. The van der Waals surface area contributed by atoms with Gasteiger partial charge in [0.15, 0.2) is 0 Å². The molecule has 0 atom stereocenters. The van der Waals surface area contributed by atoms with E-state index in [2.05, 4.69) is 35.8 Å². The SMILES string of the molecule is CSCCSc1ccc(CNC2CC2)cc1. The van der Waals surface area contributed by atoms with Crippen molar-refractivity contribution in [2.24, 2.45) is 0 Å². The Balaban J connectivity index is 1.74. The summed E-state index contributed by atoms with van der Waals surface area (Å²) < 4.78 is 0. The molecule has 1 fully saturated rings. The minimum atomic E-state index is 0.802. The molecule has 0 amide bonds. The first kappa shape index (κ1) is 12.3. The maximum absolute atomic E-state index is 3.53. The van der Waals surface area contributed by atoms with E-state index in [1.54, 1.807) is 0 Å². The summed E-state index contributed by atoms with van der Waals surface area (Å²) in [6.45, 7) is 1.03. The van der Waals surface area contributed by atoms with E-state index in [1.165, 1.54) is 34.8 Å². The predicted octanol–water partition coefficient (Wildman–Crippen LogP) is 3.39. The van der Waals surface area contributed by atoms with E-state index >= 15 is 0 Å². The van der Waals surface area contributed by atoms with Gasteiger partial charge in [0.25, 0.3) is 0 Å². The normalized spacial score (nSPS) is 15.3. The largest absolute Gasteiger partial charge is 0.310 e. The van der Waals surface area contributed by atoms with Crippen LogP contribution in [0.25, 0.3) is 0 Å². The number of hydrogen-bond donors (Lipinski definition) is 1. The van der Waals surface area contributed by atoms with Gasteiger partial charge in [-0.2, -0.15) is 11.8 Å². The van der Waals surface area contributed by atoms with Crippen molar-refractivity contribution >= 4 is 23.5 Å². The highest BCUT2D eigenvalue weighted by molar-refractivity contribution is 8.02. The maximum Gasteiger partial charge on any atom is 0.0208 e. The highest BCUT2D eigenvalue weighted by Gasteiger charge is 2.19. The minimum absolute atomic E-state index is 0.802. The van der Waals surface area contributed by atoms with E-state index in [0.717, 1.165) is 12.6 Å². The van der Waals surface area contributed by atoms with Gasteiger partial charge in [0.05, 0.1) is 0 Å². The molecule has 0 bridgehead atoms. The van der Waals surface area contributed by atoms with Gasteiger partial charge in [0.1, 0.15) is 0 Å². The highest BCUT2D eigenvalue weighted by Crippen LogP contribution is 2.21. The monoisotopic (exact) mass is 253 g/mol. The fourth-order valence-corrected chi connectivity index (χ4v) is 3.06. The van der Waals surface area contributed by atoms with Crippen molar-refractivity contribution in [3.8, 4) is 0 Å². The Morgan fingerprint density at radius 2 is 1.94 bits per heavy atom. The van der Waals surface area contributed by atoms with Gasteiger partial charge in [-0.15, -0.1) is 11.8 Å². The fourth-order valence-electron chi connectivity index (χ4n) is 1.50. The van der Waals surface area contributed by atoms with Gasteiger partial charge in [-0.1, -0.05) is 12.1 Å². The molecule has 0 aromatic heterocycles. The molecular weight excluding hydrogens is 234 g/mol. The smallest absolute Gasteiger partial charge is 0.0208 e. The van der Waals surface area contributed by atoms with Crippen molar-refractivity contribution in [3.63, 3.8) is 0 Å². The summed E-state index contributed by atoms with van der Waals surface area (Å²) in [4.78, 5) is 1.39. The van der Waals surface area contributed by atoms with Crippen LogP contribution in [0.1, 0.15) is 18.4 Å². The second-order valence-corrected chi connectivity index (χ2v) is 6.29. The van der Waals surface area contributed by atoms with Gasteiger partial charge < -0.3 is 5.32 Å². The third-order valence-corrected chi connectivity index (χ3v) is 4.54. The first-order chi connectivity index (χ1) is 7.88. The number of rotatable bonds is 7. The van der Waals surface area contributed by atoms with Crippen molar-refractivity contribution in [2.45, 2.75) is 30.3 Å². The lowest BCUT2D eigenvalue weighted by molar-refractivity contribution is 0.687. The van der Waals surface area contributed by atoms with E-state index < -0.39 is 0 Å². The second-order valence-electron chi connectivity index (χ2n) is 4.14. The minimum Gasteiger partial charge on any atom is -0.310 e. The zero-order valence-corrected chi connectivity index (χ0v) is 11.4. The first-order valence-electron chi connectivity index (χ1n) is 5.82. The topological polar surface area (TPSA) is 12.0 Å². The first-order valence-corrected chi connectivity index (χ1v) is 8.20. The molecule has 0 aliphatic heterocycles. The molecule has 0 radical (unpaired) electrons. The molecule has 1 aliphatic rings. The summed E-state index contributed by atoms with van der Waals surface area (Å²) in [7, 11) is 0. The summed E-state index contributed by atoms with van der Waals surface area (Å²) in [6.07, 6.45) is 4.89. The Hall–Kier alpha value is -0.120. The molecule has 1 N–H and O–H groups in total. The second kappa shape index (κ2) is 6.58. The number of thioether (sulfide) groups is 2. The summed E-state index contributed by atoms with van der Waals surface area (Å²) in [5.74, 6) is 2.44. The summed E-state index contributed by atoms with van der Waals surface area (Å²) in [5, 5.41) is 3.53. The van der Waals surface area contributed by atoms with Gasteiger partial charge in [-0.3, -0.25) is 0 Å². The van der Waals surface area contributed by atoms with Crippen LogP contribution in [0.15, 0.2) is 29.2 Å². The Labute approximate surface area is 107 Å². The molecule has 1 nitrogen and oxygen atoms in total. The lowest BCUT2D eigenvalue weighted by Crippen LogP contribution is -2.14. The predicted molar refractivity (Wildman–Crippen MR) is 75.4 cm³/mol. The average Bonchev–Trinajstić information content (AvgIpc) is 3.12. The van der Waals surface area contributed by atoms with Crippen LogP contribution in [0.2, 0.25) is 0 Å². The van der Waals surface area contributed by atoms with Crippen LogP contribution in [-0.4, -0.2) is 23.8 Å². The van der Waals surface area contributed by atoms with E-state index in [4.69, 9.17) is 0 Å². The number of benzene rings is 1. The third-order valence-electron chi connectivity index (χ3n) is 2.65. The maximum atomic E-state index is 3.53. The van der Waals surface area contributed by atoms with Crippen LogP contribution in [0.5, 0.6) is 0 Å². The molecule has 0 unspecified atom stereocenters. The van der Waals surface area contributed by atoms with Gasteiger partial charge >= 0.3 is 0 Å². The van der Waals surface area contributed by atoms with Crippen molar-refractivity contribution in [3.05, 3.63) is 29.8 Å². The number of hydrogen-bond acceptors (Lipinski definition) is 3. The van der Waals surface area contributed by atoms with Crippen LogP contribution >= 0.6 is 23.5 Å². The van der Waals surface area contributed by atoms with E-state index in [-0.39, 0.29) is 0 Å². The molecule has 1 saturated carbocycles. The third kappa shape index (κ3) is 4.40. The fraction of sp³-hybridized carbons (Fsp3) is 0.538.